The van der Waals surface area contributed by atoms with Gasteiger partial charge >= 0.3 is 0 Å². The number of carbonyl (C=O) groups excluding carboxylic acids is 1. The zero-order valence-electron chi connectivity index (χ0n) is 23.5. The summed E-state index contributed by atoms with van der Waals surface area (Å²) in [5.41, 5.74) is 6.98. The highest BCUT2D eigenvalue weighted by atomic mass is 35.5. The van der Waals surface area contributed by atoms with Crippen molar-refractivity contribution in [2.45, 2.75) is 40.7 Å². The second-order valence-corrected chi connectivity index (χ2v) is 9.62. The fraction of sp³-hybridized carbons (Fsp3) is 0.414. The van der Waals surface area contributed by atoms with Gasteiger partial charge in [-0.15, -0.1) is 12.4 Å². The summed E-state index contributed by atoms with van der Waals surface area (Å²) >= 11 is 0. The number of H-pyrrole nitrogens is 1. The van der Waals surface area contributed by atoms with E-state index >= 15 is 0 Å². The Kier molecular flexibility index (Phi) is 12.5. The van der Waals surface area contributed by atoms with E-state index in [1.165, 1.54) is 22.0 Å². The van der Waals surface area contributed by atoms with Crippen LogP contribution in [0.1, 0.15) is 36.1 Å². The van der Waals surface area contributed by atoms with E-state index in [0.717, 1.165) is 49.4 Å². The number of aryl methyl sites for hydroxylation is 2. The Balaban J connectivity index is 0.000000264. The van der Waals surface area contributed by atoms with Crippen LogP contribution in [0.4, 0.5) is 5.69 Å². The van der Waals surface area contributed by atoms with Gasteiger partial charge in [-0.3, -0.25) is 9.69 Å². The summed E-state index contributed by atoms with van der Waals surface area (Å²) < 4.78 is 1.84. The molecule has 2 aromatic heterocycles. The van der Waals surface area contributed by atoms with Crippen molar-refractivity contribution >= 4 is 34.9 Å². The van der Waals surface area contributed by atoms with E-state index in [-0.39, 0.29) is 18.3 Å². The van der Waals surface area contributed by atoms with E-state index in [4.69, 9.17) is 0 Å². The van der Waals surface area contributed by atoms with Crippen molar-refractivity contribution in [3.05, 3.63) is 77.5 Å². The smallest absolute Gasteiger partial charge is 0.238 e. The molecule has 4 aromatic rings. The van der Waals surface area contributed by atoms with Gasteiger partial charge in [-0.2, -0.15) is 5.10 Å². The Morgan fingerprint density at radius 2 is 1.79 bits per heavy atom. The first-order chi connectivity index (χ1) is 17.8. The molecular weight excluding hydrogens is 498 g/mol. The number of aromatic amines is 1. The maximum Gasteiger partial charge on any atom is 0.238 e. The number of hydrogen-bond acceptors (Lipinski definition) is 5. The Morgan fingerprint density at radius 3 is 2.39 bits per heavy atom. The number of hydrogen-bond donors (Lipinski definition) is 2. The molecule has 206 valence electrons. The summed E-state index contributed by atoms with van der Waals surface area (Å²) in [6, 6.07) is 12.6. The van der Waals surface area contributed by atoms with Crippen LogP contribution < -0.4 is 5.32 Å². The molecule has 0 fully saturated rings. The van der Waals surface area contributed by atoms with Crippen molar-refractivity contribution in [3.8, 4) is 0 Å². The molecule has 0 aliphatic carbocycles. The van der Waals surface area contributed by atoms with Gasteiger partial charge in [0, 0.05) is 29.3 Å². The van der Waals surface area contributed by atoms with Crippen LogP contribution in [0.15, 0.2) is 55.2 Å². The molecule has 0 aliphatic rings. The highest BCUT2D eigenvalue weighted by Gasteiger charge is 2.10. The van der Waals surface area contributed by atoms with Gasteiger partial charge in [0.15, 0.2) is 0 Å². The first-order valence-electron chi connectivity index (χ1n) is 12.9. The number of nitrogens with zero attached hydrogens (tertiary/aromatic N) is 5. The van der Waals surface area contributed by atoms with Gasteiger partial charge in [0.25, 0.3) is 0 Å². The maximum absolute atomic E-state index is 11.9. The molecule has 0 saturated carbocycles. The van der Waals surface area contributed by atoms with Crippen LogP contribution >= 0.6 is 12.4 Å². The number of para-hydroxylation sites is 1. The average Bonchev–Trinajstić information content (AvgIpc) is 3.53. The molecule has 0 bridgehead atoms. The maximum atomic E-state index is 11.9. The van der Waals surface area contributed by atoms with Crippen molar-refractivity contribution < 1.29 is 4.79 Å². The molecule has 0 aliphatic heterocycles. The highest BCUT2D eigenvalue weighted by molar-refractivity contribution is 5.93. The summed E-state index contributed by atoms with van der Waals surface area (Å²) in [5.74, 6) is 0.0612. The predicted molar refractivity (Wildman–Crippen MR) is 159 cm³/mol. The third-order valence-corrected chi connectivity index (χ3v) is 6.48. The van der Waals surface area contributed by atoms with Crippen LogP contribution in [0.3, 0.4) is 0 Å². The Morgan fingerprint density at radius 1 is 1.08 bits per heavy atom. The molecule has 4 rings (SSSR count). The number of likely N-dealkylation sites (N-methyl/N-ethyl adjacent to an activating group) is 2. The monoisotopic (exact) mass is 539 g/mol. The lowest BCUT2D eigenvalue weighted by atomic mass is 10.1. The zero-order chi connectivity index (χ0) is 26.8. The Labute approximate surface area is 232 Å². The van der Waals surface area contributed by atoms with E-state index in [0.29, 0.717) is 6.54 Å². The van der Waals surface area contributed by atoms with E-state index in [2.05, 4.69) is 82.5 Å². The lowest BCUT2D eigenvalue weighted by Crippen LogP contribution is -2.33. The quantitative estimate of drug-likeness (QED) is 0.299. The van der Waals surface area contributed by atoms with Crippen molar-refractivity contribution in [2.75, 3.05) is 45.6 Å². The summed E-state index contributed by atoms with van der Waals surface area (Å²) in [4.78, 5) is 23.5. The number of anilines is 1. The van der Waals surface area contributed by atoms with Gasteiger partial charge in [0.1, 0.15) is 12.7 Å². The molecule has 0 unspecified atom stereocenters. The molecule has 1 amide bonds. The molecule has 38 heavy (non-hydrogen) atoms. The number of amides is 1. The summed E-state index contributed by atoms with van der Waals surface area (Å²) in [6.45, 7) is 12.2. The van der Waals surface area contributed by atoms with Gasteiger partial charge in [-0.1, -0.05) is 38.1 Å². The summed E-state index contributed by atoms with van der Waals surface area (Å²) in [5, 5.41) is 8.46. The molecule has 0 saturated heterocycles. The first-order valence-corrected chi connectivity index (χ1v) is 12.9. The van der Waals surface area contributed by atoms with Gasteiger partial charge in [-0.25, -0.2) is 9.67 Å². The molecule has 9 heteroatoms. The Hall–Kier alpha value is -3.20. The van der Waals surface area contributed by atoms with Crippen LogP contribution in [0.5, 0.6) is 0 Å². The summed E-state index contributed by atoms with van der Waals surface area (Å²) in [6.07, 6.45) is 6.48. The van der Waals surface area contributed by atoms with Gasteiger partial charge in [0.05, 0.1) is 13.1 Å². The lowest BCUT2D eigenvalue weighted by molar-refractivity contribution is -0.117. The van der Waals surface area contributed by atoms with Crippen LogP contribution in [0.2, 0.25) is 0 Å². The zero-order valence-corrected chi connectivity index (χ0v) is 24.3. The van der Waals surface area contributed by atoms with Crippen molar-refractivity contribution in [1.82, 2.24) is 29.5 Å². The van der Waals surface area contributed by atoms with E-state index < -0.39 is 0 Å². The number of fused-ring (bicyclic) bond motifs is 1. The largest absolute Gasteiger partial charge is 0.361 e. The average molecular weight is 540 g/mol. The van der Waals surface area contributed by atoms with Crippen molar-refractivity contribution in [3.63, 3.8) is 0 Å². The highest BCUT2D eigenvalue weighted by Crippen LogP contribution is 2.21. The molecule has 2 N–H and O–H groups in total. The third kappa shape index (κ3) is 8.97. The standard InChI is InChI=1S/C15H19N5.C14H22N2O.ClH/c1-19(2)6-5-13-8-17-15-4-3-12(7-14(13)15)9-20-11-16-10-18-20;1-5-16(6-2)10-13(17)15-14-11(3)8-7-9-12(14)4;/h3-4,7-8,10-11,17H,5-6,9H2,1-2H3;7-9H,5-6,10H2,1-4H3,(H,15,17);1H. The molecule has 0 atom stereocenters. The molecule has 2 heterocycles. The van der Waals surface area contributed by atoms with E-state index in [1.54, 1.807) is 12.7 Å². The molecule has 2 aromatic carbocycles. The molecular formula is C29H42ClN7O. The van der Waals surface area contributed by atoms with E-state index in [1.807, 2.05) is 36.7 Å². The minimum atomic E-state index is 0. The number of nitrogens with one attached hydrogen (secondary N) is 2. The SMILES string of the molecule is CCN(CC)CC(=O)Nc1c(C)cccc1C.CN(C)CCc1c[nH]c2ccc(Cn3cncn3)cc12.Cl. The molecule has 8 nitrogen and oxygen atoms in total. The number of carbonyl (C=O) groups is 1. The third-order valence-electron chi connectivity index (χ3n) is 6.48. The Bertz CT molecular complexity index is 1240. The topological polar surface area (TPSA) is 82.1 Å². The van der Waals surface area contributed by atoms with Crippen LogP contribution in [0, 0.1) is 13.8 Å². The predicted octanol–water partition coefficient (Wildman–Crippen LogP) is 4.92. The van der Waals surface area contributed by atoms with E-state index in [9.17, 15) is 4.79 Å². The lowest BCUT2D eigenvalue weighted by Gasteiger charge is -2.18. The number of aromatic nitrogens is 4. The van der Waals surface area contributed by atoms with Gasteiger partial charge < -0.3 is 15.2 Å². The number of halogens is 1. The first kappa shape index (κ1) is 31.0. The van der Waals surface area contributed by atoms with Crippen molar-refractivity contribution in [1.29, 1.82) is 0 Å². The van der Waals surface area contributed by atoms with Crippen LogP contribution in [-0.4, -0.2) is 75.7 Å². The minimum Gasteiger partial charge on any atom is -0.361 e. The number of rotatable bonds is 10. The fourth-order valence-corrected chi connectivity index (χ4v) is 4.22. The normalized spacial score (nSPS) is 10.8. The summed E-state index contributed by atoms with van der Waals surface area (Å²) in [7, 11) is 4.20. The van der Waals surface area contributed by atoms with Crippen LogP contribution in [0.25, 0.3) is 10.9 Å². The molecule has 0 radical (unpaired) electrons. The minimum absolute atomic E-state index is 0. The fourth-order valence-electron chi connectivity index (χ4n) is 4.22. The molecule has 0 spiro atoms. The number of benzene rings is 2. The second-order valence-electron chi connectivity index (χ2n) is 9.62. The van der Waals surface area contributed by atoms with Crippen molar-refractivity contribution in [2.24, 2.45) is 0 Å². The second kappa shape index (κ2) is 15.3. The van der Waals surface area contributed by atoms with Crippen LogP contribution in [-0.2, 0) is 17.8 Å². The van der Waals surface area contributed by atoms with Gasteiger partial charge in [-0.05, 0) is 81.8 Å². The van der Waals surface area contributed by atoms with Gasteiger partial charge in [0.2, 0.25) is 5.91 Å².